The zero-order chi connectivity index (χ0) is 20.3. The second-order valence-electron chi connectivity index (χ2n) is 6.85. The third-order valence-electron chi connectivity index (χ3n) is 4.43. The lowest BCUT2D eigenvalue weighted by molar-refractivity contribution is -0.148. The fourth-order valence-corrected chi connectivity index (χ4v) is 2.80. The number of carbonyl (C=O) groups excluding carboxylic acids is 2. The summed E-state index contributed by atoms with van der Waals surface area (Å²) in [5.41, 5.74) is 2.06. The smallest absolute Gasteiger partial charge is 0.458 e. The van der Waals surface area contributed by atoms with Crippen LogP contribution in [-0.2, 0) is 27.4 Å². The molecule has 3 rings (SSSR count). The van der Waals surface area contributed by atoms with Gasteiger partial charge in [-0.3, -0.25) is 9.78 Å². The van der Waals surface area contributed by atoms with E-state index in [1.165, 1.54) is 12.1 Å². The first-order chi connectivity index (χ1) is 13.3. The van der Waals surface area contributed by atoms with Crippen LogP contribution in [0.2, 0.25) is 0 Å². The molecule has 0 fully saturated rings. The van der Waals surface area contributed by atoms with Crippen LogP contribution in [0.25, 0.3) is 0 Å². The number of carbonyl (C=O) groups is 2. The van der Waals surface area contributed by atoms with Crippen molar-refractivity contribution in [1.82, 2.24) is 10.3 Å². The highest BCUT2D eigenvalue weighted by atomic mass is 19.1. The standard InChI is InChI=1S/C19H20BFN2O5/c1-11(2)17(19(25)27-10-15-6-5-14(21)8-22-15)23-18(24)12-3-4-13-9-28-20(26)16(13)7-12/h3-8,11,17,26H,9-10H2,1-2H3,(H,23,24)/t17-/m0/s1. The van der Waals surface area contributed by atoms with Crippen LogP contribution in [0.15, 0.2) is 36.5 Å². The van der Waals surface area contributed by atoms with Crippen molar-refractivity contribution >= 4 is 24.5 Å². The number of benzene rings is 1. The van der Waals surface area contributed by atoms with Gasteiger partial charge in [-0.1, -0.05) is 19.9 Å². The summed E-state index contributed by atoms with van der Waals surface area (Å²) in [6.07, 6.45) is 1.04. The number of hydrogen-bond donors (Lipinski definition) is 2. The topological polar surface area (TPSA) is 97.8 Å². The second-order valence-corrected chi connectivity index (χ2v) is 6.85. The van der Waals surface area contributed by atoms with Gasteiger partial charge in [0.15, 0.2) is 0 Å². The lowest BCUT2D eigenvalue weighted by atomic mass is 9.78. The number of fused-ring (bicyclic) bond motifs is 1. The predicted molar refractivity (Wildman–Crippen MR) is 98.9 cm³/mol. The second kappa shape index (κ2) is 8.49. The van der Waals surface area contributed by atoms with Crippen molar-refractivity contribution in [3.8, 4) is 0 Å². The highest BCUT2D eigenvalue weighted by Crippen LogP contribution is 2.13. The molecule has 7 nitrogen and oxygen atoms in total. The molecule has 1 aliphatic rings. The molecule has 0 bridgehead atoms. The average molecular weight is 386 g/mol. The number of nitrogens with zero attached hydrogens (tertiary/aromatic N) is 1. The van der Waals surface area contributed by atoms with Gasteiger partial charge >= 0.3 is 13.1 Å². The SMILES string of the molecule is CC(C)[C@H](NC(=O)c1ccc2c(c1)B(O)OC2)C(=O)OCc1ccc(F)cn1. The van der Waals surface area contributed by atoms with Crippen molar-refractivity contribution < 1.29 is 28.4 Å². The van der Waals surface area contributed by atoms with Gasteiger partial charge in [-0.05, 0) is 41.2 Å². The number of ether oxygens (including phenoxy) is 1. The Morgan fingerprint density at radius 3 is 2.82 bits per heavy atom. The zero-order valence-electron chi connectivity index (χ0n) is 15.5. The third-order valence-corrected chi connectivity index (χ3v) is 4.43. The van der Waals surface area contributed by atoms with Crippen LogP contribution in [0, 0.1) is 11.7 Å². The Kier molecular flexibility index (Phi) is 6.06. The number of amides is 1. The Hall–Kier alpha value is -2.78. The van der Waals surface area contributed by atoms with Gasteiger partial charge in [-0.2, -0.15) is 0 Å². The Morgan fingerprint density at radius 1 is 1.36 bits per heavy atom. The zero-order valence-corrected chi connectivity index (χ0v) is 15.5. The lowest BCUT2D eigenvalue weighted by Gasteiger charge is -2.21. The van der Waals surface area contributed by atoms with E-state index in [1.807, 2.05) is 0 Å². The first-order valence-corrected chi connectivity index (χ1v) is 8.85. The molecule has 0 radical (unpaired) electrons. The summed E-state index contributed by atoms with van der Waals surface area (Å²) in [6, 6.07) is 6.65. The fraction of sp³-hybridized carbons (Fsp3) is 0.316. The Bertz CT molecular complexity index is 875. The van der Waals surface area contributed by atoms with Crippen molar-refractivity contribution in [3.63, 3.8) is 0 Å². The van der Waals surface area contributed by atoms with Crippen LogP contribution in [0.5, 0.6) is 0 Å². The van der Waals surface area contributed by atoms with E-state index in [9.17, 15) is 19.0 Å². The number of hydrogen-bond acceptors (Lipinski definition) is 6. The number of esters is 1. The first kappa shape index (κ1) is 20.0. The van der Waals surface area contributed by atoms with Crippen LogP contribution < -0.4 is 10.8 Å². The van der Waals surface area contributed by atoms with Gasteiger partial charge in [0.1, 0.15) is 18.5 Å². The van der Waals surface area contributed by atoms with Crippen LogP contribution in [0.1, 0.15) is 35.5 Å². The minimum Gasteiger partial charge on any atom is -0.458 e. The fourth-order valence-electron chi connectivity index (χ4n) is 2.80. The molecule has 1 aliphatic heterocycles. The van der Waals surface area contributed by atoms with Gasteiger partial charge in [0, 0.05) is 5.56 Å². The molecular formula is C19H20BFN2O5. The van der Waals surface area contributed by atoms with Crippen LogP contribution in [0.3, 0.4) is 0 Å². The molecule has 2 aromatic rings. The number of aromatic nitrogens is 1. The number of rotatable bonds is 6. The summed E-state index contributed by atoms with van der Waals surface area (Å²) in [5.74, 6) is -1.77. The number of pyridine rings is 1. The molecule has 0 aliphatic carbocycles. The Balaban J connectivity index is 1.65. The quantitative estimate of drug-likeness (QED) is 0.567. The molecule has 1 atom stereocenters. The molecule has 0 unspecified atom stereocenters. The van der Waals surface area contributed by atoms with Crippen molar-refractivity contribution in [2.24, 2.45) is 5.92 Å². The molecule has 0 saturated heterocycles. The Labute approximate surface area is 162 Å². The maximum absolute atomic E-state index is 12.9. The maximum Gasteiger partial charge on any atom is 0.491 e. The number of nitrogens with one attached hydrogen (secondary N) is 1. The average Bonchev–Trinajstić information content (AvgIpc) is 3.05. The van der Waals surface area contributed by atoms with E-state index in [0.717, 1.165) is 11.8 Å². The maximum atomic E-state index is 12.9. The molecule has 0 spiro atoms. The largest absolute Gasteiger partial charge is 0.491 e. The molecule has 1 aromatic carbocycles. The van der Waals surface area contributed by atoms with E-state index < -0.39 is 30.9 Å². The predicted octanol–water partition coefficient (Wildman–Crippen LogP) is 0.936. The van der Waals surface area contributed by atoms with Gasteiger partial charge in [-0.25, -0.2) is 9.18 Å². The molecule has 28 heavy (non-hydrogen) atoms. The number of halogens is 1. The molecule has 1 aromatic heterocycles. The molecule has 0 saturated carbocycles. The van der Waals surface area contributed by atoms with Crippen molar-refractivity contribution in [1.29, 1.82) is 0 Å². The minimum absolute atomic E-state index is 0.124. The van der Waals surface area contributed by atoms with E-state index in [0.29, 0.717) is 16.7 Å². The molecule has 1 amide bonds. The van der Waals surface area contributed by atoms with E-state index >= 15 is 0 Å². The van der Waals surface area contributed by atoms with E-state index in [2.05, 4.69) is 10.3 Å². The highest BCUT2D eigenvalue weighted by Gasteiger charge is 2.30. The van der Waals surface area contributed by atoms with Crippen molar-refractivity contribution in [3.05, 3.63) is 59.2 Å². The monoisotopic (exact) mass is 386 g/mol. The van der Waals surface area contributed by atoms with Gasteiger partial charge in [-0.15, -0.1) is 0 Å². The van der Waals surface area contributed by atoms with Gasteiger partial charge in [0.2, 0.25) is 0 Å². The third kappa shape index (κ3) is 4.55. The van der Waals surface area contributed by atoms with Crippen LogP contribution in [0.4, 0.5) is 4.39 Å². The van der Waals surface area contributed by atoms with Crippen LogP contribution in [-0.4, -0.2) is 35.0 Å². The molecular weight excluding hydrogens is 366 g/mol. The van der Waals surface area contributed by atoms with Crippen LogP contribution >= 0.6 is 0 Å². The van der Waals surface area contributed by atoms with E-state index in [4.69, 9.17) is 9.39 Å². The summed E-state index contributed by atoms with van der Waals surface area (Å²) >= 11 is 0. The Morgan fingerprint density at radius 2 is 2.14 bits per heavy atom. The van der Waals surface area contributed by atoms with Crippen molar-refractivity contribution in [2.75, 3.05) is 0 Å². The summed E-state index contributed by atoms with van der Waals surface area (Å²) in [5, 5.41) is 12.5. The van der Waals surface area contributed by atoms with E-state index in [1.54, 1.807) is 32.0 Å². The first-order valence-electron chi connectivity index (χ1n) is 8.85. The molecule has 9 heteroatoms. The molecule has 146 valence electrons. The normalized spacial score (nSPS) is 14.0. The van der Waals surface area contributed by atoms with E-state index in [-0.39, 0.29) is 19.1 Å². The van der Waals surface area contributed by atoms with Gasteiger partial charge in [0.05, 0.1) is 18.5 Å². The molecule has 2 heterocycles. The lowest BCUT2D eigenvalue weighted by Crippen LogP contribution is -2.45. The summed E-state index contributed by atoms with van der Waals surface area (Å²) in [7, 11) is -1.06. The van der Waals surface area contributed by atoms with Gasteiger partial charge < -0.3 is 19.7 Å². The van der Waals surface area contributed by atoms with Gasteiger partial charge in [0.25, 0.3) is 5.91 Å². The molecule has 2 N–H and O–H groups in total. The summed E-state index contributed by atoms with van der Waals surface area (Å²) in [6.45, 7) is 3.72. The summed E-state index contributed by atoms with van der Waals surface area (Å²) < 4.78 is 23.2. The highest BCUT2D eigenvalue weighted by molar-refractivity contribution is 6.61. The summed E-state index contributed by atoms with van der Waals surface area (Å²) in [4.78, 5) is 28.8. The van der Waals surface area contributed by atoms with Crippen molar-refractivity contribution in [2.45, 2.75) is 33.1 Å². The minimum atomic E-state index is -1.06.